The van der Waals surface area contributed by atoms with Crippen LogP contribution in [0.5, 0.6) is 5.75 Å². The van der Waals surface area contributed by atoms with Crippen LogP contribution in [0.4, 0.5) is 5.69 Å². The van der Waals surface area contributed by atoms with Crippen LogP contribution in [0.1, 0.15) is 10.9 Å². The van der Waals surface area contributed by atoms with Crippen LogP contribution in [-0.2, 0) is 4.79 Å². The minimum Gasteiger partial charge on any atom is -0.496 e. The molecule has 0 aromatic heterocycles. The molecule has 1 fully saturated rings. The van der Waals surface area contributed by atoms with Gasteiger partial charge in [0.2, 0.25) is 0 Å². The summed E-state index contributed by atoms with van der Waals surface area (Å²) in [6, 6.07) is 15.6. The van der Waals surface area contributed by atoms with Crippen molar-refractivity contribution >= 4 is 39.3 Å². The summed E-state index contributed by atoms with van der Waals surface area (Å²) in [5.74, 6) is 1.32. The first kappa shape index (κ1) is 15.2. The minimum absolute atomic E-state index is 0.0603. The van der Waals surface area contributed by atoms with Crippen LogP contribution in [-0.4, -0.2) is 23.8 Å². The first-order valence-electron chi connectivity index (χ1n) is 6.78. The molecule has 1 unspecified atom stereocenters. The molecule has 0 radical (unpaired) electrons. The van der Waals surface area contributed by atoms with E-state index in [1.807, 2.05) is 48.5 Å². The number of halogens is 1. The van der Waals surface area contributed by atoms with E-state index in [1.54, 1.807) is 23.9 Å². The lowest BCUT2D eigenvalue weighted by Crippen LogP contribution is -2.33. The van der Waals surface area contributed by atoms with Crippen molar-refractivity contribution in [3.63, 3.8) is 0 Å². The zero-order valence-electron chi connectivity index (χ0n) is 12.0. The number of para-hydroxylation sites is 1. The molecule has 0 aliphatic carbocycles. The van der Waals surface area contributed by atoms with Gasteiger partial charge in [0.15, 0.2) is 0 Å². The van der Waals surface area contributed by atoms with E-state index >= 15 is 0 Å². The third kappa shape index (κ3) is 3.08. The van der Waals surface area contributed by atoms with Gasteiger partial charge in [0.25, 0.3) is 5.91 Å². The van der Waals surface area contributed by atoms with Crippen molar-refractivity contribution in [1.29, 1.82) is 0 Å². The second-order valence-electron chi connectivity index (χ2n) is 4.80. The van der Waals surface area contributed by atoms with Crippen LogP contribution in [0.3, 0.4) is 0 Å². The van der Waals surface area contributed by atoms with E-state index in [2.05, 4.69) is 21.4 Å². The highest BCUT2D eigenvalue weighted by Gasteiger charge is 2.33. The fraction of sp³-hybridized carbons (Fsp3) is 0.188. The van der Waals surface area contributed by atoms with Crippen LogP contribution in [0.25, 0.3) is 0 Å². The first-order valence-corrected chi connectivity index (χ1v) is 8.62. The van der Waals surface area contributed by atoms with E-state index in [0.717, 1.165) is 21.5 Å². The molecular formula is C16H15BrN2O2S. The number of ether oxygens (including phenoxy) is 1. The lowest BCUT2D eigenvalue weighted by molar-refractivity contribution is -0.126. The third-order valence-electron chi connectivity index (χ3n) is 3.35. The van der Waals surface area contributed by atoms with Gasteiger partial charge in [0.05, 0.1) is 23.0 Å². The van der Waals surface area contributed by atoms with E-state index in [0.29, 0.717) is 5.75 Å². The summed E-state index contributed by atoms with van der Waals surface area (Å²) < 4.78 is 6.14. The Balaban J connectivity index is 1.85. The fourth-order valence-corrected chi connectivity index (χ4v) is 3.94. The summed E-state index contributed by atoms with van der Waals surface area (Å²) in [6.07, 6.45) is 0. The van der Waals surface area contributed by atoms with Crippen LogP contribution < -0.4 is 10.2 Å². The number of hydrazine groups is 1. The van der Waals surface area contributed by atoms with Crippen molar-refractivity contribution in [2.24, 2.45) is 0 Å². The highest BCUT2D eigenvalue weighted by atomic mass is 79.9. The van der Waals surface area contributed by atoms with Crippen LogP contribution >= 0.6 is 27.7 Å². The van der Waals surface area contributed by atoms with Gasteiger partial charge >= 0.3 is 0 Å². The maximum Gasteiger partial charge on any atom is 0.252 e. The number of rotatable bonds is 4. The number of hydrogen-bond donors (Lipinski definition) is 1. The number of benzene rings is 2. The lowest BCUT2D eigenvalue weighted by atomic mass is 10.2. The molecule has 1 saturated heterocycles. The molecule has 0 spiro atoms. The van der Waals surface area contributed by atoms with Gasteiger partial charge in [0.1, 0.15) is 11.1 Å². The number of nitrogens with zero attached hydrogens (tertiary/aromatic N) is 1. The summed E-state index contributed by atoms with van der Waals surface area (Å²) in [4.78, 5) is 12.2. The second kappa shape index (κ2) is 6.62. The highest BCUT2D eigenvalue weighted by molar-refractivity contribution is 9.10. The molecule has 22 heavy (non-hydrogen) atoms. The number of thioether (sulfide) groups is 1. The third-order valence-corrected chi connectivity index (χ3v) is 5.18. The lowest BCUT2D eigenvalue weighted by Gasteiger charge is -2.26. The molecule has 6 heteroatoms. The van der Waals surface area contributed by atoms with Gasteiger partial charge in [-0.3, -0.25) is 10.2 Å². The van der Waals surface area contributed by atoms with Gasteiger partial charge in [-0.2, -0.15) is 0 Å². The molecule has 1 aliphatic rings. The zero-order chi connectivity index (χ0) is 15.5. The average Bonchev–Trinajstić information content (AvgIpc) is 2.89. The van der Waals surface area contributed by atoms with Gasteiger partial charge in [-0.25, -0.2) is 5.01 Å². The van der Waals surface area contributed by atoms with E-state index < -0.39 is 0 Å². The van der Waals surface area contributed by atoms with Crippen LogP contribution in [0.2, 0.25) is 0 Å². The maximum absolute atomic E-state index is 12.2. The molecule has 2 aromatic rings. The standard InChI is InChI=1S/C16H15BrN2O2S/c1-21-14-8-7-11(9-13(14)17)16-19(15(20)10-22-16)18-12-5-3-2-4-6-12/h2-9,16,18H,10H2,1H3. The number of nitrogens with one attached hydrogen (secondary N) is 1. The topological polar surface area (TPSA) is 41.6 Å². The first-order chi connectivity index (χ1) is 10.7. The van der Waals surface area contributed by atoms with E-state index in [4.69, 9.17) is 4.74 Å². The number of methoxy groups -OCH3 is 1. The van der Waals surface area contributed by atoms with Gasteiger partial charge in [-0.05, 0) is 45.8 Å². The van der Waals surface area contributed by atoms with E-state index in [-0.39, 0.29) is 11.3 Å². The monoisotopic (exact) mass is 378 g/mol. The van der Waals surface area contributed by atoms with Crippen molar-refractivity contribution in [2.75, 3.05) is 18.3 Å². The van der Waals surface area contributed by atoms with Crippen LogP contribution in [0, 0.1) is 0 Å². The molecule has 1 N–H and O–H groups in total. The summed E-state index contributed by atoms with van der Waals surface area (Å²) in [5, 5.41) is 1.63. The predicted molar refractivity (Wildman–Crippen MR) is 92.8 cm³/mol. The molecule has 2 aromatic carbocycles. The van der Waals surface area contributed by atoms with Crippen molar-refractivity contribution in [2.45, 2.75) is 5.37 Å². The SMILES string of the molecule is COc1ccc(C2SCC(=O)N2Nc2ccccc2)cc1Br. The Morgan fingerprint density at radius 3 is 2.73 bits per heavy atom. The molecular weight excluding hydrogens is 364 g/mol. The van der Waals surface area contributed by atoms with Crippen LogP contribution in [0.15, 0.2) is 53.0 Å². The van der Waals surface area contributed by atoms with Crippen molar-refractivity contribution in [1.82, 2.24) is 5.01 Å². The Labute approximate surface area is 141 Å². The van der Waals surface area contributed by atoms with Crippen molar-refractivity contribution in [3.8, 4) is 5.75 Å². The Hall–Kier alpha value is -1.66. The summed E-state index contributed by atoms with van der Waals surface area (Å²) in [7, 11) is 1.64. The molecule has 3 rings (SSSR count). The molecule has 0 saturated carbocycles. The average molecular weight is 379 g/mol. The smallest absolute Gasteiger partial charge is 0.252 e. The quantitative estimate of drug-likeness (QED) is 0.870. The zero-order valence-corrected chi connectivity index (χ0v) is 14.4. The molecule has 1 atom stereocenters. The normalized spacial score (nSPS) is 17.6. The van der Waals surface area contributed by atoms with Crippen molar-refractivity contribution in [3.05, 3.63) is 58.6 Å². The predicted octanol–water partition coefficient (Wildman–Crippen LogP) is 4.06. The Bertz CT molecular complexity index is 681. The summed E-state index contributed by atoms with van der Waals surface area (Å²) >= 11 is 5.10. The maximum atomic E-state index is 12.2. The molecule has 1 aliphatic heterocycles. The number of amides is 1. The highest BCUT2D eigenvalue weighted by Crippen LogP contribution is 2.40. The van der Waals surface area contributed by atoms with Gasteiger partial charge < -0.3 is 4.74 Å². The van der Waals surface area contributed by atoms with Gasteiger partial charge in [-0.15, -0.1) is 11.8 Å². The Morgan fingerprint density at radius 1 is 1.27 bits per heavy atom. The minimum atomic E-state index is -0.0603. The molecule has 4 nitrogen and oxygen atoms in total. The number of carbonyl (C=O) groups is 1. The molecule has 0 bridgehead atoms. The Kier molecular flexibility index (Phi) is 4.59. The summed E-state index contributed by atoms with van der Waals surface area (Å²) in [6.45, 7) is 0. The van der Waals surface area contributed by atoms with Crippen molar-refractivity contribution < 1.29 is 9.53 Å². The molecule has 1 amide bonds. The number of hydrogen-bond acceptors (Lipinski definition) is 4. The largest absolute Gasteiger partial charge is 0.496 e. The van der Waals surface area contributed by atoms with Gasteiger partial charge in [-0.1, -0.05) is 24.3 Å². The van der Waals surface area contributed by atoms with E-state index in [1.165, 1.54) is 0 Å². The summed E-state index contributed by atoms with van der Waals surface area (Å²) in [5.41, 5.74) is 5.15. The molecule has 1 heterocycles. The molecule has 114 valence electrons. The fourth-order valence-electron chi connectivity index (χ4n) is 2.28. The van der Waals surface area contributed by atoms with E-state index in [9.17, 15) is 4.79 Å². The number of carbonyl (C=O) groups excluding carboxylic acids is 1. The number of anilines is 1. The Morgan fingerprint density at radius 2 is 2.05 bits per heavy atom. The van der Waals surface area contributed by atoms with Gasteiger partial charge in [0, 0.05) is 0 Å². The second-order valence-corrected chi connectivity index (χ2v) is 6.72.